The van der Waals surface area contributed by atoms with Gasteiger partial charge < -0.3 is 10.1 Å². The van der Waals surface area contributed by atoms with Gasteiger partial charge in [0.05, 0.1) is 12.3 Å². The Balaban J connectivity index is 1.93. The molecule has 7 nitrogen and oxygen atoms in total. The molecule has 0 aliphatic carbocycles. The molecule has 0 aromatic heterocycles. The van der Waals surface area contributed by atoms with Gasteiger partial charge in [-0.2, -0.15) is 0 Å². The first kappa shape index (κ1) is 15.3. The summed E-state index contributed by atoms with van der Waals surface area (Å²) in [4.78, 5) is 24.5. The Bertz CT molecular complexity index is 639. The van der Waals surface area contributed by atoms with Crippen molar-refractivity contribution in [2.75, 3.05) is 35.4 Å². The number of cyclic esters (lactones) is 1. The lowest BCUT2D eigenvalue weighted by Gasteiger charge is -2.13. The second-order valence-electron chi connectivity index (χ2n) is 4.74. The van der Waals surface area contributed by atoms with Crippen molar-refractivity contribution in [3.63, 3.8) is 0 Å². The third kappa shape index (κ3) is 4.45. The Morgan fingerprint density at radius 1 is 1.33 bits per heavy atom. The number of nitrogens with one attached hydrogen (secondary N) is 1. The van der Waals surface area contributed by atoms with E-state index in [2.05, 4.69) is 5.32 Å². The van der Waals surface area contributed by atoms with E-state index in [0.29, 0.717) is 24.5 Å². The van der Waals surface area contributed by atoms with E-state index in [1.54, 1.807) is 24.3 Å². The molecule has 0 bridgehead atoms. The van der Waals surface area contributed by atoms with Gasteiger partial charge in [-0.15, -0.1) is 0 Å². The van der Waals surface area contributed by atoms with Crippen LogP contribution in [0.4, 0.5) is 16.2 Å². The summed E-state index contributed by atoms with van der Waals surface area (Å²) in [6.45, 7) is 0.863. The zero-order chi connectivity index (χ0) is 15.5. The minimum Gasteiger partial charge on any atom is -0.447 e. The molecule has 0 radical (unpaired) electrons. The quantitative estimate of drug-likeness (QED) is 0.876. The van der Waals surface area contributed by atoms with Crippen LogP contribution >= 0.6 is 0 Å². The molecule has 1 aromatic carbocycles. The zero-order valence-corrected chi connectivity index (χ0v) is 12.4. The van der Waals surface area contributed by atoms with E-state index in [4.69, 9.17) is 4.74 Å². The molecule has 1 aliphatic heterocycles. The van der Waals surface area contributed by atoms with Gasteiger partial charge in [0.1, 0.15) is 16.4 Å². The van der Waals surface area contributed by atoms with Crippen LogP contribution in [-0.2, 0) is 19.4 Å². The maximum absolute atomic E-state index is 11.6. The van der Waals surface area contributed by atoms with Crippen molar-refractivity contribution >= 4 is 33.2 Å². The minimum absolute atomic E-state index is 0.0843. The van der Waals surface area contributed by atoms with Crippen LogP contribution in [-0.4, -0.2) is 45.6 Å². The van der Waals surface area contributed by atoms with Gasteiger partial charge >= 0.3 is 6.09 Å². The van der Waals surface area contributed by atoms with Crippen LogP contribution in [0, 0.1) is 0 Å². The van der Waals surface area contributed by atoms with Crippen molar-refractivity contribution in [1.29, 1.82) is 0 Å². The molecule has 21 heavy (non-hydrogen) atoms. The number of anilines is 2. The topological polar surface area (TPSA) is 92.8 Å². The highest BCUT2D eigenvalue weighted by atomic mass is 32.2. The predicted octanol–water partition coefficient (Wildman–Crippen LogP) is 1.02. The predicted molar refractivity (Wildman–Crippen MR) is 78.1 cm³/mol. The van der Waals surface area contributed by atoms with Crippen molar-refractivity contribution in [3.05, 3.63) is 24.3 Å². The lowest BCUT2D eigenvalue weighted by atomic mass is 10.2. The maximum Gasteiger partial charge on any atom is 0.414 e. The van der Waals surface area contributed by atoms with Gasteiger partial charge in [-0.3, -0.25) is 9.69 Å². The Morgan fingerprint density at radius 3 is 2.52 bits per heavy atom. The van der Waals surface area contributed by atoms with Crippen molar-refractivity contribution in [2.24, 2.45) is 0 Å². The Morgan fingerprint density at radius 2 is 2.00 bits per heavy atom. The lowest BCUT2D eigenvalue weighted by Crippen LogP contribution is -2.23. The average molecular weight is 312 g/mol. The van der Waals surface area contributed by atoms with Crippen LogP contribution in [0.2, 0.25) is 0 Å². The molecule has 1 fully saturated rings. The van der Waals surface area contributed by atoms with E-state index in [9.17, 15) is 18.0 Å². The molecule has 0 spiro atoms. The summed E-state index contributed by atoms with van der Waals surface area (Å²) >= 11 is 0. The molecule has 1 heterocycles. The van der Waals surface area contributed by atoms with Gasteiger partial charge in [0, 0.05) is 24.1 Å². The first-order valence-corrected chi connectivity index (χ1v) is 8.43. The average Bonchev–Trinajstić information content (AvgIpc) is 2.83. The highest BCUT2D eigenvalue weighted by Gasteiger charge is 2.23. The number of rotatable bonds is 5. The normalized spacial score (nSPS) is 14.9. The summed E-state index contributed by atoms with van der Waals surface area (Å²) in [5.41, 5.74) is 1.23. The minimum atomic E-state index is -3.15. The molecule has 1 aliphatic rings. The fourth-order valence-electron chi connectivity index (χ4n) is 1.85. The largest absolute Gasteiger partial charge is 0.447 e. The number of amides is 2. The van der Waals surface area contributed by atoms with E-state index in [0.717, 1.165) is 6.26 Å². The van der Waals surface area contributed by atoms with E-state index in [1.807, 2.05) is 0 Å². The van der Waals surface area contributed by atoms with Crippen molar-refractivity contribution in [2.45, 2.75) is 6.42 Å². The molecular formula is C13H16N2O5S. The van der Waals surface area contributed by atoms with Crippen LogP contribution in [0.1, 0.15) is 6.42 Å². The van der Waals surface area contributed by atoms with E-state index in [1.165, 1.54) is 4.90 Å². The van der Waals surface area contributed by atoms with Gasteiger partial charge in [0.15, 0.2) is 0 Å². The molecule has 0 saturated carbocycles. The second kappa shape index (κ2) is 6.13. The van der Waals surface area contributed by atoms with Gasteiger partial charge in [0.2, 0.25) is 5.91 Å². The summed E-state index contributed by atoms with van der Waals surface area (Å²) in [6.07, 6.45) is 0.614. The number of carbonyl (C=O) groups excluding carboxylic acids is 2. The molecule has 1 aromatic rings. The molecule has 1 N–H and O–H groups in total. The summed E-state index contributed by atoms with van der Waals surface area (Å²) in [7, 11) is -3.15. The number of hydrogen-bond acceptors (Lipinski definition) is 5. The van der Waals surface area contributed by atoms with Crippen molar-refractivity contribution < 1.29 is 22.7 Å². The Kier molecular flexibility index (Phi) is 4.46. The van der Waals surface area contributed by atoms with Gasteiger partial charge in [0.25, 0.3) is 0 Å². The SMILES string of the molecule is CS(=O)(=O)CCC(=O)Nc1ccc(N2CCOC2=O)cc1. The Labute approximate surface area is 122 Å². The molecule has 2 amide bonds. The lowest BCUT2D eigenvalue weighted by molar-refractivity contribution is -0.115. The molecular weight excluding hydrogens is 296 g/mol. The highest BCUT2D eigenvalue weighted by Crippen LogP contribution is 2.21. The first-order valence-electron chi connectivity index (χ1n) is 6.37. The van der Waals surface area contributed by atoms with Gasteiger partial charge in [-0.25, -0.2) is 13.2 Å². The smallest absolute Gasteiger partial charge is 0.414 e. The molecule has 1 saturated heterocycles. The summed E-state index contributed by atoms with van der Waals surface area (Å²) in [6, 6.07) is 6.69. The third-order valence-corrected chi connectivity index (χ3v) is 3.87. The number of hydrogen-bond donors (Lipinski definition) is 1. The number of ether oxygens (including phenoxy) is 1. The number of carbonyl (C=O) groups is 2. The van der Waals surface area contributed by atoms with Crippen LogP contribution < -0.4 is 10.2 Å². The standard InChI is InChI=1S/C13H16N2O5S/c1-21(18,19)9-6-12(16)14-10-2-4-11(5-3-10)15-7-8-20-13(15)17/h2-5H,6-9H2,1H3,(H,14,16). The van der Waals surface area contributed by atoms with E-state index >= 15 is 0 Å². The zero-order valence-electron chi connectivity index (χ0n) is 11.5. The van der Waals surface area contributed by atoms with Gasteiger partial charge in [-0.05, 0) is 24.3 Å². The first-order chi connectivity index (χ1) is 9.85. The summed E-state index contributed by atoms with van der Waals surface area (Å²) in [5.74, 6) is -0.551. The Hall–Kier alpha value is -2.09. The van der Waals surface area contributed by atoms with Crippen LogP contribution in [0.3, 0.4) is 0 Å². The molecule has 2 rings (SSSR count). The monoisotopic (exact) mass is 312 g/mol. The fourth-order valence-corrected chi connectivity index (χ4v) is 2.41. The maximum atomic E-state index is 11.6. The van der Waals surface area contributed by atoms with Crippen LogP contribution in [0.15, 0.2) is 24.3 Å². The summed E-state index contributed by atoms with van der Waals surface area (Å²) in [5, 5.41) is 2.61. The van der Waals surface area contributed by atoms with E-state index < -0.39 is 9.84 Å². The summed E-state index contributed by atoms with van der Waals surface area (Å²) < 4.78 is 26.8. The number of sulfone groups is 1. The third-order valence-electron chi connectivity index (χ3n) is 2.92. The molecule has 114 valence electrons. The number of nitrogens with zero attached hydrogens (tertiary/aromatic N) is 1. The van der Waals surface area contributed by atoms with Gasteiger partial charge in [-0.1, -0.05) is 0 Å². The van der Waals surface area contributed by atoms with Crippen molar-refractivity contribution in [1.82, 2.24) is 0 Å². The van der Waals surface area contributed by atoms with Crippen LogP contribution in [0.5, 0.6) is 0 Å². The molecule has 0 unspecified atom stereocenters. The van der Waals surface area contributed by atoms with E-state index in [-0.39, 0.29) is 24.2 Å². The fraction of sp³-hybridized carbons (Fsp3) is 0.385. The second-order valence-corrected chi connectivity index (χ2v) is 7.00. The van der Waals surface area contributed by atoms with Crippen LogP contribution in [0.25, 0.3) is 0 Å². The highest BCUT2D eigenvalue weighted by molar-refractivity contribution is 7.90. The molecule has 8 heteroatoms. The molecule has 0 atom stereocenters. The number of benzene rings is 1. The van der Waals surface area contributed by atoms with Crippen molar-refractivity contribution in [3.8, 4) is 0 Å².